The smallest absolute Gasteiger partial charge is 0.308 e. The summed E-state index contributed by atoms with van der Waals surface area (Å²) in [7, 11) is 0. The topological polar surface area (TPSA) is 112 Å². The Hall–Kier alpha value is -2.22. The lowest BCUT2D eigenvalue weighted by molar-refractivity contribution is -0.142. The Balaban J connectivity index is 2.04. The molecule has 2 heterocycles. The van der Waals surface area contributed by atoms with Gasteiger partial charge in [0.25, 0.3) is 5.56 Å². The number of H-pyrrole nitrogens is 1. The molecule has 2 atom stereocenters. The van der Waals surface area contributed by atoms with Crippen LogP contribution in [0.4, 0.5) is 0 Å². The minimum atomic E-state index is -0.956. The van der Waals surface area contributed by atoms with Crippen LogP contribution in [0.2, 0.25) is 0 Å². The number of aliphatic carboxylic acids is 1. The molecule has 2 unspecified atom stereocenters. The van der Waals surface area contributed by atoms with Crippen LogP contribution < -0.4 is 10.9 Å². The molecule has 0 aliphatic rings. The molecule has 0 aromatic carbocycles. The normalized spacial score (nSPS) is 13.7. The number of amides is 1. The number of aromatic nitrogens is 2. The Kier molecular flexibility index (Phi) is 5.38. The van der Waals surface area contributed by atoms with Crippen molar-refractivity contribution in [3.8, 4) is 0 Å². The molecule has 0 aliphatic heterocycles. The lowest BCUT2D eigenvalue weighted by atomic mass is 10.0. The molecule has 0 saturated heterocycles. The molecule has 3 N–H and O–H groups in total. The number of nitrogens with one attached hydrogen (secondary N) is 2. The average molecular weight is 351 g/mol. The van der Waals surface area contributed by atoms with Crippen LogP contribution in [0.15, 0.2) is 4.79 Å². The standard InChI is InChI=1S/C16H21N3O4S/c1-7(16(22)23)9(3)17-12(20)6-5-11-18-14(21)13-8(2)10(4)24-15(13)19-11/h7,9H,5-6H2,1-4H3,(H,17,20)(H,22,23)(H,18,19,21). The van der Waals surface area contributed by atoms with E-state index in [0.717, 1.165) is 10.4 Å². The highest BCUT2D eigenvalue weighted by Crippen LogP contribution is 2.25. The first-order valence-electron chi connectivity index (χ1n) is 7.71. The summed E-state index contributed by atoms with van der Waals surface area (Å²) in [5.41, 5.74) is 0.745. The summed E-state index contributed by atoms with van der Waals surface area (Å²) in [4.78, 5) is 43.9. The monoisotopic (exact) mass is 351 g/mol. The highest BCUT2D eigenvalue weighted by atomic mass is 32.1. The third-order valence-electron chi connectivity index (χ3n) is 4.21. The molecule has 2 aromatic rings. The van der Waals surface area contributed by atoms with Crippen molar-refractivity contribution in [2.45, 2.75) is 46.6 Å². The largest absolute Gasteiger partial charge is 0.481 e. The highest BCUT2D eigenvalue weighted by molar-refractivity contribution is 7.18. The third-order valence-corrected chi connectivity index (χ3v) is 5.31. The molecule has 0 radical (unpaired) electrons. The van der Waals surface area contributed by atoms with Crippen molar-refractivity contribution in [3.63, 3.8) is 0 Å². The number of carbonyl (C=O) groups excluding carboxylic acids is 1. The number of rotatable bonds is 6. The lowest BCUT2D eigenvalue weighted by Gasteiger charge is -2.17. The number of fused-ring (bicyclic) bond motifs is 1. The van der Waals surface area contributed by atoms with Crippen LogP contribution >= 0.6 is 11.3 Å². The number of aryl methyl sites for hydroxylation is 3. The molecule has 24 heavy (non-hydrogen) atoms. The molecule has 7 nitrogen and oxygen atoms in total. The zero-order chi connectivity index (χ0) is 18.0. The van der Waals surface area contributed by atoms with Gasteiger partial charge in [-0.05, 0) is 33.3 Å². The first-order chi connectivity index (χ1) is 11.2. The minimum Gasteiger partial charge on any atom is -0.481 e. The quantitative estimate of drug-likeness (QED) is 0.734. The van der Waals surface area contributed by atoms with Crippen LogP contribution in [0.25, 0.3) is 10.2 Å². The van der Waals surface area contributed by atoms with E-state index in [0.29, 0.717) is 22.5 Å². The maximum Gasteiger partial charge on any atom is 0.308 e. The van der Waals surface area contributed by atoms with E-state index in [1.807, 2.05) is 13.8 Å². The predicted octanol–water partition coefficient (Wildman–Crippen LogP) is 1.76. The Morgan fingerprint density at radius 3 is 2.62 bits per heavy atom. The van der Waals surface area contributed by atoms with Gasteiger partial charge in [-0.25, -0.2) is 4.98 Å². The second-order valence-electron chi connectivity index (χ2n) is 5.96. The van der Waals surface area contributed by atoms with Crippen molar-refractivity contribution in [1.82, 2.24) is 15.3 Å². The van der Waals surface area contributed by atoms with Gasteiger partial charge in [0, 0.05) is 23.8 Å². The van der Waals surface area contributed by atoms with E-state index in [-0.39, 0.29) is 17.9 Å². The van der Waals surface area contributed by atoms with Gasteiger partial charge in [-0.1, -0.05) is 0 Å². The first kappa shape index (κ1) is 18.1. The number of thiophene rings is 1. The summed E-state index contributed by atoms with van der Waals surface area (Å²) in [6, 6.07) is -0.466. The van der Waals surface area contributed by atoms with E-state index in [9.17, 15) is 14.4 Å². The molecule has 2 aromatic heterocycles. The van der Waals surface area contributed by atoms with Gasteiger partial charge in [0.05, 0.1) is 11.3 Å². The van der Waals surface area contributed by atoms with Crippen molar-refractivity contribution >= 4 is 33.4 Å². The van der Waals surface area contributed by atoms with Gasteiger partial charge in [-0.2, -0.15) is 0 Å². The Morgan fingerprint density at radius 2 is 2.00 bits per heavy atom. The molecule has 0 spiro atoms. The third kappa shape index (κ3) is 3.81. The van der Waals surface area contributed by atoms with E-state index >= 15 is 0 Å². The number of carboxylic acid groups (broad SMARTS) is 1. The fourth-order valence-corrected chi connectivity index (χ4v) is 3.36. The molecule has 8 heteroatoms. The molecule has 0 bridgehead atoms. The number of hydrogen-bond donors (Lipinski definition) is 3. The molecule has 0 saturated carbocycles. The van der Waals surface area contributed by atoms with Gasteiger partial charge in [0.1, 0.15) is 10.7 Å². The van der Waals surface area contributed by atoms with E-state index in [4.69, 9.17) is 5.11 Å². The highest BCUT2D eigenvalue weighted by Gasteiger charge is 2.21. The summed E-state index contributed by atoms with van der Waals surface area (Å²) < 4.78 is 0. The van der Waals surface area contributed by atoms with Gasteiger partial charge in [0.2, 0.25) is 5.91 Å². The fourth-order valence-electron chi connectivity index (χ4n) is 2.31. The van der Waals surface area contributed by atoms with Gasteiger partial charge in [-0.15, -0.1) is 11.3 Å². The molecule has 1 amide bonds. The lowest BCUT2D eigenvalue weighted by Crippen LogP contribution is -2.40. The summed E-state index contributed by atoms with van der Waals surface area (Å²) in [5.74, 6) is -1.43. The number of nitrogens with zero attached hydrogens (tertiary/aromatic N) is 1. The number of aromatic amines is 1. The van der Waals surface area contributed by atoms with Crippen molar-refractivity contribution < 1.29 is 14.7 Å². The molecular formula is C16H21N3O4S. The maximum atomic E-state index is 12.2. The number of carboxylic acids is 1. The summed E-state index contributed by atoms with van der Waals surface area (Å²) in [6.07, 6.45) is 0.426. The average Bonchev–Trinajstić information content (AvgIpc) is 2.79. The second kappa shape index (κ2) is 7.12. The van der Waals surface area contributed by atoms with Crippen LogP contribution in [-0.2, 0) is 16.0 Å². The zero-order valence-electron chi connectivity index (χ0n) is 14.1. The van der Waals surface area contributed by atoms with E-state index < -0.39 is 17.9 Å². The van der Waals surface area contributed by atoms with Gasteiger partial charge < -0.3 is 15.4 Å². The van der Waals surface area contributed by atoms with Crippen LogP contribution in [-0.4, -0.2) is 33.0 Å². The maximum absolute atomic E-state index is 12.2. The zero-order valence-corrected chi connectivity index (χ0v) is 14.9. The fraction of sp³-hybridized carbons (Fsp3) is 0.500. The number of carbonyl (C=O) groups is 2. The van der Waals surface area contributed by atoms with Crippen LogP contribution in [0.1, 0.15) is 36.5 Å². The minimum absolute atomic E-state index is 0.133. The Morgan fingerprint density at radius 1 is 1.33 bits per heavy atom. The summed E-state index contributed by atoms with van der Waals surface area (Å²) in [6.45, 7) is 7.03. The summed E-state index contributed by atoms with van der Waals surface area (Å²) >= 11 is 1.46. The number of hydrogen-bond acceptors (Lipinski definition) is 5. The van der Waals surface area contributed by atoms with Crippen LogP contribution in [0, 0.1) is 19.8 Å². The molecular weight excluding hydrogens is 330 g/mol. The Labute approximate surface area is 143 Å². The SMILES string of the molecule is Cc1sc2nc(CCC(=O)NC(C)C(C)C(=O)O)[nH]c(=O)c2c1C. The summed E-state index contributed by atoms with van der Waals surface area (Å²) in [5, 5.41) is 12.2. The van der Waals surface area contributed by atoms with Crippen LogP contribution in [0.5, 0.6) is 0 Å². The molecule has 0 fully saturated rings. The van der Waals surface area contributed by atoms with Crippen molar-refractivity contribution in [2.75, 3.05) is 0 Å². The van der Waals surface area contributed by atoms with Crippen molar-refractivity contribution in [1.29, 1.82) is 0 Å². The van der Waals surface area contributed by atoms with Gasteiger partial charge in [-0.3, -0.25) is 14.4 Å². The molecule has 0 aliphatic carbocycles. The van der Waals surface area contributed by atoms with Gasteiger partial charge >= 0.3 is 5.97 Å². The van der Waals surface area contributed by atoms with Gasteiger partial charge in [0.15, 0.2) is 0 Å². The first-order valence-corrected chi connectivity index (χ1v) is 8.53. The van der Waals surface area contributed by atoms with Crippen LogP contribution in [0.3, 0.4) is 0 Å². The van der Waals surface area contributed by atoms with Crippen molar-refractivity contribution in [3.05, 3.63) is 26.6 Å². The predicted molar refractivity (Wildman–Crippen MR) is 92.4 cm³/mol. The van der Waals surface area contributed by atoms with E-state index in [2.05, 4.69) is 15.3 Å². The van der Waals surface area contributed by atoms with E-state index in [1.165, 1.54) is 11.3 Å². The molecule has 2 rings (SSSR count). The van der Waals surface area contributed by atoms with E-state index in [1.54, 1.807) is 13.8 Å². The van der Waals surface area contributed by atoms with Crippen molar-refractivity contribution in [2.24, 2.45) is 5.92 Å². The molecule has 130 valence electrons. The second-order valence-corrected chi connectivity index (χ2v) is 7.16. The Bertz CT molecular complexity index is 840.